The molecule has 1 aromatic rings. The Morgan fingerprint density at radius 1 is 1.15 bits per heavy atom. The molecule has 0 fully saturated rings. The van der Waals surface area contributed by atoms with Gasteiger partial charge in [0, 0.05) is 24.7 Å². The molecule has 0 saturated carbocycles. The molecule has 2 N–H and O–H groups in total. The summed E-state index contributed by atoms with van der Waals surface area (Å²) in [5.74, 6) is 0.102. The van der Waals surface area contributed by atoms with E-state index in [0.29, 0.717) is 23.6 Å². The van der Waals surface area contributed by atoms with Gasteiger partial charge in [0.2, 0.25) is 5.91 Å². The van der Waals surface area contributed by atoms with Gasteiger partial charge in [0.1, 0.15) is 0 Å². The number of hydrogen-bond acceptors (Lipinski definition) is 3. The van der Waals surface area contributed by atoms with Crippen LogP contribution in [0.15, 0.2) is 48.2 Å². The van der Waals surface area contributed by atoms with Gasteiger partial charge in [0.05, 0.1) is 17.8 Å². The smallest absolute Gasteiger partial charge is 0.393 e. The van der Waals surface area contributed by atoms with Crippen LogP contribution in [0.2, 0.25) is 0 Å². The second-order valence-electron chi connectivity index (χ2n) is 9.80. The monoisotopic (exact) mass is 582 g/mol. The van der Waals surface area contributed by atoms with Crippen molar-refractivity contribution in [2.45, 2.75) is 120 Å². The van der Waals surface area contributed by atoms with E-state index in [9.17, 15) is 18.0 Å². The van der Waals surface area contributed by atoms with Gasteiger partial charge in [-0.2, -0.15) is 18.3 Å². The Hall–Kier alpha value is -2.77. The second-order valence-corrected chi connectivity index (χ2v) is 9.80. The molecule has 0 aliphatic heterocycles. The third kappa shape index (κ3) is 14.6. The number of halogens is 3. The van der Waals surface area contributed by atoms with Crippen molar-refractivity contribution < 1.29 is 18.0 Å². The molecular formula is C33H57F3N4O. The van der Waals surface area contributed by atoms with E-state index in [1.807, 2.05) is 61.5 Å². The average molecular weight is 583 g/mol. The molecule has 1 heterocycles. The fourth-order valence-corrected chi connectivity index (χ4v) is 4.07. The van der Waals surface area contributed by atoms with Crippen LogP contribution >= 0.6 is 0 Å². The number of rotatable bonds is 11. The van der Waals surface area contributed by atoms with Crippen LogP contribution in [0.5, 0.6) is 0 Å². The number of nitrogens with zero attached hydrogens (tertiary/aromatic N) is 2. The Balaban J connectivity index is 0. The lowest BCUT2D eigenvalue weighted by molar-refractivity contribution is -0.141. The summed E-state index contributed by atoms with van der Waals surface area (Å²) in [5, 5.41) is 9.77. The molecule has 2 unspecified atom stereocenters. The summed E-state index contributed by atoms with van der Waals surface area (Å²) < 4.78 is 41.8. The van der Waals surface area contributed by atoms with Gasteiger partial charge in [-0.25, -0.2) is 0 Å². The molecule has 41 heavy (non-hydrogen) atoms. The van der Waals surface area contributed by atoms with E-state index in [1.165, 1.54) is 4.68 Å². The van der Waals surface area contributed by atoms with Crippen LogP contribution in [0.1, 0.15) is 113 Å². The van der Waals surface area contributed by atoms with Crippen molar-refractivity contribution in [3.63, 3.8) is 0 Å². The van der Waals surface area contributed by atoms with Crippen LogP contribution in [0.3, 0.4) is 0 Å². The zero-order valence-corrected chi connectivity index (χ0v) is 27.7. The number of amides is 1. The first-order valence-electron chi connectivity index (χ1n) is 15.3. The van der Waals surface area contributed by atoms with Gasteiger partial charge in [0.15, 0.2) is 5.69 Å². The van der Waals surface area contributed by atoms with Crippen molar-refractivity contribution in [3.8, 4) is 0 Å². The quantitative estimate of drug-likeness (QED) is 0.256. The molecule has 1 aliphatic carbocycles. The first kappa shape index (κ1) is 40.4. The average Bonchev–Trinajstić information content (AvgIpc) is 3.37. The van der Waals surface area contributed by atoms with Crippen LogP contribution in [-0.2, 0) is 17.5 Å². The van der Waals surface area contributed by atoms with E-state index >= 15 is 0 Å². The largest absolute Gasteiger partial charge is 0.435 e. The van der Waals surface area contributed by atoms with Gasteiger partial charge in [0.25, 0.3) is 0 Å². The molecule has 0 spiro atoms. The van der Waals surface area contributed by atoms with E-state index in [0.717, 1.165) is 30.9 Å². The lowest BCUT2D eigenvalue weighted by atomic mass is 9.89. The molecule has 1 aliphatic rings. The third-order valence-corrected chi connectivity index (χ3v) is 5.94. The number of allylic oxidation sites excluding steroid dienone is 7. The Morgan fingerprint density at radius 3 is 2.27 bits per heavy atom. The Labute approximate surface area is 248 Å². The third-order valence-electron chi connectivity index (χ3n) is 5.94. The number of nitrogens with one attached hydrogen (secondary N) is 2. The summed E-state index contributed by atoms with van der Waals surface area (Å²) in [6, 6.07) is 1.05. The summed E-state index contributed by atoms with van der Waals surface area (Å²) in [7, 11) is 1.69. The lowest BCUT2D eigenvalue weighted by Gasteiger charge is -2.29. The predicted octanol–water partition coefficient (Wildman–Crippen LogP) is 9.34. The normalized spacial score (nSPS) is 15.8. The first-order chi connectivity index (χ1) is 19.4. The van der Waals surface area contributed by atoms with Gasteiger partial charge < -0.3 is 10.6 Å². The molecule has 236 valence electrons. The van der Waals surface area contributed by atoms with E-state index in [2.05, 4.69) is 40.9 Å². The first-order valence-corrected chi connectivity index (χ1v) is 15.3. The van der Waals surface area contributed by atoms with Crippen molar-refractivity contribution in [2.75, 3.05) is 7.05 Å². The number of hydrogen-bond donors (Lipinski definition) is 2. The zero-order valence-electron chi connectivity index (χ0n) is 27.7. The Kier molecular flexibility index (Phi) is 20.7. The van der Waals surface area contributed by atoms with Crippen molar-refractivity contribution in [2.24, 2.45) is 11.8 Å². The predicted molar refractivity (Wildman–Crippen MR) is 169 cm³/mol. The molecule has 0 aromatic carbocycles. The summed E-state index contributed by atoms with van der Waals surface area (Å²) in [6.45, 7) is 21.7. The summed E-state index contributed by atoms with van der Waals surface area (Å²) in [5.41, 5.74) is 0.273. The van der Waals surface area contributed by atoms with Crippen molar-refractivity contribution in [3.05, 3.63) is 59.6 Å². The van der Waals surface area contributed by atoms with Crippen molar-refractivity contribution in [1.82, 2.24) is 20.4 Å². The minimum atomic E-state index is -4.57. The Bertz CT molecular complexity index is 985. The van der Waals surface area contributed by atoms with Crippen molar-refractivity contribution >= 4 is 11.5 Å². The molecule has 0 saturated heterocycles. The highest BCUT2D eigenvalue weighted by molar-refractivity contribution is 5.79. The molecule has 0 radical (unpaired) electrons. The van der Waals surface area contributed by atoms with Gasteiger partial charge >= 0.3 is 6.18 Å². The van der Waals surface area contributed by atoms with E-state index in [4.69, 9.17) is 0 Å². The lowest BCUT2D eigenvalue weighted by Crippen LogP contribution is -2.48. The highest BCUT2D eigenvalue weighted by Gasteiger charge is 2.36. The highest BCUT2D eigenvalue weighted by atomic mass is 19.4. The maximum absolute atomic E-state index is 13.5. The molecule has 1 amide bonds. The minimum absolute atomic E-state index is 0.0817. The molecule has 1 aromatic heterocycles. The van der Waals surface area contributed by atoms with Gasteiger partial charge in [-0.15, -0.1) is 0 Å². The fourth-order valence-electron chi connectivity index (χ4n) is 4.07. The molecule has 0 bridgehead atoms. The van der Waals surface area contributed by atoms with E-state index in [1.54, 1.807) is 33.2 Å². The summed E-state index contributed by atoms with van der Waals surface area (Å²) in [4.78, 5) is 13.0. The molecule has 5 nitrogen and oxygen atoms in total. The SMILES string of the molecule is CC.CC.CC.CC/C=C/C(=C\NC)c1cc(C(F)(F)F)nn1CC(C)(C)NC(=O)C(C)CC1=CC(CC)CC=C1. The zero-order chi connectivity index (χ0) is 32.2. The van der Waals surface area contributed by atoms with E-state index in [-0.39, 0.29) is 18.4 Å². The van der Waals surface area contributed by atoms with E-state index < -0.39 is 17.4 Å². The van der Waals surface area contributed by atoms with Gasteiger partial charge in [-0.1, -0.05) is 98.3 Å². The summed E-state index contributed by atoms with van der Waals surface area (Å²) >= 11 is 0. The second kappa shape index (κ2) is 21.0. The standard InChI is InChI=1S/C27H39F3N4O.3C2H6/c1-7-9-13-22(17-31-6)23-16-24(27(28,29)30)33-34(23)18-26(4,5)32-25(35)19(3)14-21-12-10-11-20(8-2)15-21;3*1-2/h9-10,12-13,15-17,19-20,31H,7-8,11,14,18H2,1-6H3,(H,32,35);3*1-2H3/b13-9+,22-17+;;;. The molecular weight excluding hydrogens is 525 g/mol. The van der Waals surface area contributed by atoms with Crippen LogP contribution < -0.4 is 10.6 Å². The number of carbonyl (C=O) groups is 1. The fraction of sp³-hybridized carbons (Fsp3) is 0.636. The van der Waals surface area contributed by atoms with Crippen molar-refractivity contribution in [1.29, 1.82) is 0 Å². The number of aromatic nitrogens is 2. The maximum Gasteiger partial charge on any atom is 0.435 e. The number of alkyl halides is 3. The Morgan fingerprint density at radius 2 is 1.76 bits per heavy atom. The van der Waals surface area contributed by atoms with Crippen LogP contribution in [0.25, 0.3) is 5.57 Å². The van der Waals surface area contributed by atoms with Gasteiger partial charge in [-0.05, 0) is 51.5 Å². The van der Waals surface area contributed by atoms with Crippen LogP contribution in [-0.4, -0.2) is 28.3 Å². The highest BCUT2D eigenvalue weighted by Crippen LogP contribution is 2.31. The summed E-state index contributed by atoms with van der Waals surface area (Å²) in [6.07, 6.45) is 10.6. The maximum atomic E-state index is 13.5. The van der Waals surface area contributed by atoms with Gasteiger partial charge in [-0.3, -0.25) is 9.48 Å². The van der Waals surface area contributed by atoms with Crippen LogP contribution in [0.4, 0.5) is 13.2 Å². The topological polar surface area (TPSA) is 59.0 Å². The molecule has 2 rings (SSSR count). The molecule has 2 atom stereocenters. The van der Waals surface area contributed by atoms with Crippen LogP contribution in [0, 0.1) is 11.8 Å². The number of carbonyl (C=O) groups excluding carboxylic acids is 1. The molecule has 8 heteroatoms. The minimum Gasteiger partial charge on any atom is -0.393 e.